The highest BCUT2D eigenvalue weighted by Crippen LogP contribution is 2.31. The van der Waals surface area contributed by atoms with E-state index in [1.165, 1.54) is 0 Å². The molecule has 1 unspecified atom stereocenters. The van der Waals surface area contributed by atoms with Crippen molar-refractivity contribution in [1.82, 2.24) is 0 Å². The largest absolute Gasteiger partial charge is 0.420 e. The summed E-state index contributed by atoms with van der Waals surface area (Å²) in [7, 11) is 0. The van der Waals surface area contributed by atoms with Gasteiger partial charge in [-0.1, -0.05) is 32.0 Å². The molecule has 16 heavy (non-hydrogen) atoms. The molecule has 0 fully saturated rings. The molecule has 1 aromatic rings. The van der Waals surface area contributed by atoms with E-state index in [2.05, 4.69) is 0 Å². The summed E-state index contributed by atoms with van der Waals surface area (Å²) in [5.74, 6) is -1.07. The average Bonchev–Trinajstić information content (AvgIpc) is 2.57. The molecule has 4 heteroatoms. The topological polar surface area (TPSA) is 52.6 Å². The van der Waals surface area contributed by atoms with Crippen molar-refractivity contribution in [3.63, 3.8) is 0 Å². The molecule has 0 spiro atoms. The van der Waals surface area contributed by atoms with Crippen LogP contribution in [0.4, 0.5) is 0 Å². The van der Waals surface area contributed by atoms with Crippen molar-refractivity contribution in [3.05, 3.63) is 35.4 Å². The second kappa shape index (κ2) is 3.96. The lowest BCUT2D eigenvalue weighted by Crippen LogP contribution is -2.16. The fourth-order valence-corrected chi connectivity index (χ4v) is 1.44. The molecule has 1 heterocycles. The highest BCUT2D eigenvalue weighted by Gasteiger charge is 2.33. The Kier molecular flexibility index (Phi) is 2.64. The summed E-state index contributed by atoms with van der Waals surface area (Å²) in [5.41, 5.74) is 1.07. The van der Waals surface area contributed by atoms with Gasteiger partial charge in [0.1, 0.15) is 0 Å². The highest BCUT2D eigenvalue weighted by atomic mass is 16.7. The fraction of sp³-hybridized carbons (Fsp3) is 0.333. The van der Waals surface area contributed by atoms with Crippen LogP contribution in [0.15, 0.2) is 24.3 Å². The predicted octanol–water partition coefficient (Wildman–Crippen LogP) is 2.05. The van der Waals surface area contributed by atoms with E-state index in [4.69, 9.17) is 9.47 Å². The van der Waals surface area contributed by atoms with Crippen molar-refractivity contribution in [2.45, 2.75) is 20.1 Å². The van der Waals surface area contributed by atoms with Crippen molar-refractivity contribution in [2.24, 2.45) is 5.92 Å². The van der Waals surface area contributed by atoms with E-state index >= 15 is 0 Å². The monoisotopic (exact) mass is 220 g/mol. The van der Waals surface area contributed by atoms with E-state index in [0.717, 1.165) is 0 Å². The molecule has 2 rings (SSSR count). The Balaban J connectivity index is 2.21. The number of benzene rings is 1. The Labute approximate surface area is 93.2 Å². The molecule has 0 N–H and O–H groups in total. The van der Waals surface area contributed by atoms with Gasteiger partial charge in [0.15, 0.2) is 0 Å². The SMILES string of the molecule is CC(C)C(=O)OC1OC(=O)c2ccccc21. The van der Waals surface area contributed by atoms with Crippen LogP contribution in [0.25, 0.3) is 0 Å². The van der Waals surface area contributed by atoms with Crippen molar-refractivity contribution in [1.29, 1.82) is 0 Å². The number of hydrogen-bond acceptors (Lipinski definition) is 4. The van der Waals surface area contributed by atoms with E-state index in [9.17, 15) is 9.59 Å². The molecule has 0 aromatic heterocycles. The molecular formula is C12H12O4. The molecule has 0 saturated carbocycles. The van der Waals surface area contributed by atoms with Crippen LogP contribution >= 0.6 is 0 Å². The van der Waals surface area contributed by atoms with Crippen LogP contribution in [0.2, 0.25) is 0 Å². The molecule has 1 aliphatic rings. The molecule has 4 nitrogen and oxygen atoms in total. The van der Waals surface area contributed by atoms with E-state index in [-0.39, 0.29) is 11.9 Å². The number of cyclic esters (lactones) is 1. The summed E-state index contributed by atoms with van der Waals surface area (Å²) < 4.78 is 10.1. The fourth-order valence-electron chi connectivity index (χ4n) is 1.44. The average molecular weight is 220 g/mol. The number of carbonyl (C=O) groups is 2. The minimum atomic E-state index is -0.890. The number of carbonyl (C=O) groups excluding carboxylic acids is 2. The third-order valence-electron chi connectivity index (χ3n) is 2.34. The van der Waals surface area contributed by atoms with Crippen LogP contribution in [-0.4, -0.2) is 11.9 Å². The molecule has 0 radical (unpaired) electrons. The zero-order valence-corrected chi connectivity index (χ0v) is 9.10. The second-order valence-electron chi connectivity index (χ2n) is 3.92. The van der Waals surface area contributed by atoms with Crippen LogP contribution in [0.1, 0.15) is 36.1 Å². The summed E-state index contributed by atoms with van der Waals surface area (Å²) in [4.78, 5) is 22.8. The first-order chi connectivity index (χ1) is 7.59. The molecule has 1 atom stereocenters. The zero-order valence-electron chi connectivity index (χ0n) is 9.10. The number of rotatable bonds is 2. The minimum Gasteiger partial charge on any atom is -0.420 e. The molecule has 0 aliphatic carbocycles. The van der Waals surface area contributed by atoms with E-state index < -0.39 is 12.3 Å². The Morgan fingerprint density at radius 1 is 1.38 bits per heavy atom. The first kappa shape index (κ1) is 10.7. The summed E-state index contributed by atoms with van der Waals surface area (Å²) in [6.07, 6.45) is -0.890. The van der Waals surface area contributed by atoms with Crippen LogP contribution in [0.3, 0.4) is 0 Å². The highest BCUT2D eigenvalue weighted by molar-refractivity contribution is 5.94. The van der Waals surface area contributed by atoms with Crippen molar-refractivity contribution >= 4 is 11.9 Å². The lowest BCUT2D eigenvalue weighted by Gasteiger charge is -2.13. The van der Waals surface area contributed by atoms with Gasteiger partial charge in [-0.05, 0) is 6.07 Å². The standard InChI is InChI=1S/C12H12O4/c1-7(2)10(13)15-12-9-6-4-3-5-8(9)11(14)16-12/h3-7,12H,1-2H3. The molecule has 1 aliphatic heterocycles. The van der Waals surface area contributed by atoms with Gasteiger partial charge in [0.2, 0.25) is 0 Å². The van der Waals surface area contributed by atoms with E-state index in [1.807, 2.05) is 0 Å². The summed E-state index contributed by atoms with van der Waals surface area (Å²) in [5, 5.41) is 0. The smallest absolute Gasteiger partial charge is 0.342 e. The lowest BCUT2D eigenvalue weighted by atomic mass is 10.1. The lowest BCUT2D eigenvalue weighted by molar-refractivity contribution is -0.171. The molecule has 84 valence electrons. The minimum absolute atomic E-state index is 0.244. The quantitative estimate of drug-likeness (QED) is 0.716. The maximum absolute atomic E-state index is 11.4. The number of ether oxygens (including phenoxy) is 2. The summed E-state index contributed by atoms with van der Waals surface area (Å²) >= 11 is 0. The Morgan fingerprint density at radius 2 is 2.06 bits per heavy atom. The van der Waals surface area contributed by atoms with Crippen molar-refractivity contribution < 1.29 is 19.1 Å². The number of fused-ring (bicyclic) bond motifs is 1. The van der Waals surface area contributed by atoms with Crippen LogP contribution in [0.5, 0.6) is 0 Å². The van der Waals surface area contributed by atoms with Gasteiger partial charge in [-0.25, -0.2) is 4.79 Å². The maximum atomic E-state index is 11.4. The van der Waals surface area contributed by atoms with Gasteiger partial charge in [0.05, 0.1) is 11.5 Å². The Hall–Kier alpha value is -1.84. The van der Waals surface area contributed by atoms with Gasteiger partial charge in [-0.3, -0.25) is 4.79 Å². The molecule has 0 bridgehead atoms. The van der Waals surface area contributed by atoms with Gasteiger partial charge in [-0.15, -0.1) is 0 Å². The van der Waals surface area contributed by atoms with Crippen LogP contribution < -0.4 is 0 Å². The first-order valence-corrected chi connectivity index (χ1v) is 5.10. The zero-order chi connectivity index (χ0) is 11.7. The van der Waals surface area contributed by atoms with Crippen molar-refractivity contribution in [3.8, 4) is 0 Å². The molecule has 0 saturated heterocycles. The summed E-state index contributed by atoms with van der Waals surface area (Å²) in [6.45, 7) is 3.45. The van der Waals surface area contributed by atoms with E-state index in [1.54, 1.807) is 38.1 Å². The predicted molar refractivity (Wildman–Crippen MR) is 55.5 cm³/mol. The summed E-state index contributed by atoms with van der Waals surface area (Å²) in [6, 6.07) is 6.89. The third kappa shape index (κ3) is 1.78. The van der Waals surface area contributed by atoms with Crippen LogP contribution in [-0.2, 0) is 14.3 Å². The van der Waals surface area contributed by atoms with Crippen LogP contribution in [0, 0.1) is 5.92 Å². The number of hydrogen-bond donors (Lipinski definition) is 0. The first-order valence-electron chi connectivity index (χ1n) is 5.10. The Bertz CT molecular complexity index is 436. The third-order valence-corrected chi connectivity index (χ3v) is 2.34. The molecular weight excluding hydrogens is 208 g/mol. The molecule has 1 aromatic carbocycles. The van der Waals surface area contributed by atoms with Gasteiger partial charge >= 0.3 is 11.9 Å². The van der Waals surface area contributed by atoms with Crippen molar-refractivity contribution in [2.75, 3.05) is 0 Å². The molecule has 0 amide bonds. The van der Waals surface area contributed by atoms with E-state index in [0.29, 0.717) is 11.1 Å². The van der Waals surface area contributed by atoms with Gasteiger partial charge in [0.25, 0.3) is 6.29 Å². The second-order valence-corrected chi connectivity index (χ2v) is 3.92. The normalized spacial score (nSPS) is 18.2. The van der Waals surface area contributed by atoms with Gasteiger partial charge in [-0.2, -0.15) is 0 Å². The Morgan fingerprint density at radius 3 is 2.75 bits per heavy atom. The van der Waals surface area contributed by atoms with Gasteiger partial charge in [0, 0.05) is 5.56 Å². The van der Waals surface area contributed by atoms with Gasteiger partial charge < -0.3 is 9.47 Å². The maximum Gasteiger partial charge on any atom is 0.342 e. The number of esters is 2.